The summed E-state index contributed by atoms with van der Waals surface area (Å²) in [6.45, 7) is 0. The first-order chi connectivity index (χ1) is 15.5. The fourth-order valence-electron chi connectivity index (χ4n) is 4.27. The molecule has 1 aliphatic rings. The number of hydrogen-bond donors (Lipinski definition) is 2. The zero-order chi connectivity index (χ0) is 22.1. The normalized spacial score (nSPS) is 18.6. The van der Waals surface area contributed by atoms with Crippen molar-refractivity contribution in [2.75, 3.05) is 5.32 Å². The van der Waals surface area contributed by atoms with Crippen molar-refractivity contribution < 1.29 is 0 Å². The molecule has 0 amide bonds. The van der Waals surface area contributed by atoms with Crippen molar-refractivity contribution in [3.05, 3.63) is 55.2 Å². The second kappa shape index (κ2) is 8.55. The van der Waals surface area contributed by atoms with Crippen LogP contribution in [0.1, 0.15) is 25.7 Å². The molecule has 0 saturated heterocycles. The zero-order valence-corrected chi connectivity index (χ0v) is 18.4. The van der Waals surface area contributed by atoms with Crippen molar-refractivity contribution in [3.63, 3.8) is 0 Å². The molecule has 0 aliphatic heterocycles. The van der Waals surface area contributed by atoms with Crippen LogP contribution < -0.4 is 11.1 Å². The molecule has 5 rings (SSSR count). The first-order valence-corrected chi connectivity index (χ1v) is 11.0. The number of nitrogens with two attached hydrogens (primary N) is 1. The van der Waals surface area contributed by atoms with E-state index in [4.69, 9.17) is 15.7 Å². The number of aryl methyl sites for hydroxylation is 2. The maximum atomic E-state index is 6.11. The average Bonchev–Trinajstić information content (AvgIpc) is 3.44. The van der Waals surface area contributed by atoms with Crippen LogP contribution in [0.3, 0.4) is 0 Å². The van der Waals surface area contributed by atoms with E-state index in [0.29, 0.717) is 17.9 Å². The summed E-state index contributed by atoms with van der Waals surface area (Å²) in [5, 5.41) is 12.3. The van der Waals surface area contributed by atoms with Crippen molar-refractivity contribution in [1.29, 1.82) is 0 Å². The van der Waals surface area contributed by atoms with Gasteiger partial charge in [0.05, 0.1) is 12.4 Å². The summed E-state index contributed by atoms with van der Waals surface area (Å²) >= 11 is 0. The summed E-state index contributed by atoms with van der Waals surface area (Å²) in [4.78, 5) is 9.68. The lowest BCUT2D eigenvalue weighted by Gasteiger charge is -2.28. The van der Waals surface area contributed by atoms with E-state index in [1.807, 2.05) is 57.2 Å². The second-order valence-electron chi connectivity index (χ2n) is 8.60. The van der Waals surface area contributed by atoms with Gasteiger partial charge in [0.25, 0.3) is 0 Å². The van der Waals surface area contributed by atoms with Gasteiger partial charge < -0.3 is 11.1 Å². The highest BCUT2D eigenvalue weighted by Crippen LogP contribution is 2.31. The molecule has 3 aromatic heterocycles. The van der Waals surface area contributed by atoms with Crippen LogP contribution in [0.25, 0.3) is 33.6 Å². The zero-order valence-electron chi connectivity index (χ0n) is 18.4. The van der Waals surface area contributed by atoms with Crippen molar-refractivity contribution >= 4 is 5.82 Å². The van der Waals surface area contributed by atoms with E-state index >= 15 is 0 Å². The quantitative estimate of drug-likeness (QED) is 0.504. The molecular weight excluding hydrogens is 400 g/mol. The molecule has 8 heteroatoms. The Hall–Kier alpha value is -3.52. The van der Waals surface area contributed by atoms with Gasteiger partial charge in [0.15, 0.2) is 5.82 Å². The highest BCUT2D eigenvalue weighted by Gasteiger charge is 2.21. The summed E-state index contributed by atoms with van der Waals surface area (Å²) in [7, 11) is 3.84. The van der Waals surface area contributed by atoms with Crippen LogP contribution in [0.15, 0.2) is 55.2 Å². The Labute approximate surface area is 187 Å². The molecule has 1 saturated carbocycles. The lowest BCUT2D eigenvalue weighted by Crippen LogP contribution is -2.33. The number of aromatic nitrogens is 6. The molecule has 3 N–H and O–H groups in total. The molecule has 3 heterocycles. The minimum absolute atomic E-state index is 0.307. The summed E-state index contributed by atoms with van der Waals surface area (Å²) < 4.78 is 3.60. The molecule has 1 aliphatic carbocycles. The van der Waals surface area contributed by atoms with Gasteiger partial charge in [-0.15, -0.1) is 0 Å². The van der Waals surface area contributed by atoms with Gasteiger partial charge in [0.1, 0.15) is 5.82 Å². The number of nitrogens with zero attached hydrogens (tertiary/aromatic N) is 6. The maximum Gasteiger partial charge on any atom is 0.161 e. The molecule has 0 atom stereocenters. The molecule has 32 heavy (non-hydrogen) atoms. The molecule has 1 fully saturated rings. The highest BCUT2D eigenvalue weighted by molar-refractivity contribution is 5.76. The van der Waals surface area contributed by atoms with Crippen LogP contribution in [0, 0.1) is 0 Å². The van der Waals surface area contributed by atoms with E-state index in [1.165, 1.54) is 0 Å². The lowest BCUT2D eigenvalue weighted by molar-refractivity contribution is 0.410. The van der Waals surface area contributed by atoms with Gasteiger partial charge >= 0.3 is 0 Å². The Bertz CT molecular complexity index is 1220. The Balaban J connectivity index is 1.51. The smallest absolute Gasteiger partial charge is 0.161 e. The van der Waals surface area contributed by atoms with Crippen LogP contribution in [0.5, 0.6) is 0 Å². The molecule has 8 nitrogen and oxygen atoms in total. The van der Waals surface area contributed by atoms with Crippen LogP contribution in [-0.2, 0) is 14.1 Å². The van der Waals surface area contributed by atoms with Crippen molar-refractivity contribution in [2.24, 2.45) is 19.8 Å². The number of benzene rings is 1. The molecular formula is C24H28N8. The van der Waals surface area contributed by atoms with Crippen LogP contribution in [0.2, 0.25) is 0 Å². The predicted octanol–water partition coefficient (Wildman–Crippen LogP) is 3.63. The number of hydrogen-bond acceptors (Lipinski definition) is 6. The molecule has 0 radical (unpaired) electrons. The molecule has 4 aromatic rings. The van der Waals surface area contributed by atoms with E-state index in [0.717, 1.165) is 59.3 Å². The first-order valence-electron chi connectivity index (χ1n) is 11.0. The van der Waals surface area contributed by atoms with Gasteiger partial charge in [-0.25, -0.2) is 9.97 Å². The molecule has 164 valence electrons. The molecule has 0 spiro atoms. The van der Waals surface area contributed by atoms with Crippen molar-refractivity contribution in [1.82, 2.24) is 29.5 Å². The second-order valence-corrected chi connectivity index (χ2v) is 8.60. The van der Waals surface area contributed by atoms with E-state index in [2.05, 4.69) is 27.6 Å². The fourth-order valence-corrected chi connectivity index (χ4v) is 4.27. The van der Waals surface area contributed by atoms with Crippen LogP contribution in [-0.4, -0.2) is 41.6 Å². The summed E-state index contributed by atoms with van der Waals surface area (Å²) in [5.74, 6) is 1.54. The summed E-state index contributed by atoms with van der Waals surface area (Å²) in [5.41, 5.74) is 11.2. The van der Waals surface area contributed by atoms with Gasteiger partial charge in [-0.3, -0.25) is 9.36 Å². The Morgan fingerprint density at radius 2 is 1.56 bits per heavy atom. The van der Waals surface area contributed by atoms with E-state index in [-0.39, 0.29) is 0 Å². The van der Waals surface area contributed by atoms with E-state index in [9.17, 15) is 0 Å². The van der Waals surface area contributed by atoms with E-state index < -0.39 is 0 Å². The lowest BCUT2D eigenvalue weighted by atomic mass is 9.91. The third-order valence-corrected chi connectivity index (χ3v) is 6.08. The van der Waals surface area contributed by atoms with Crippen molar-refractivity contribution in [2.45, 2.75) is 37.8 Å². The third kappa shape index (κ3) is 4.27. The average molecular weight is 429 g/mol. The highest BCUT2D eigenvalue weighted by atomic mass is 15.2. The van der Waals surface area contributed by atoms with Gasteiger partial charge in [-0.05, 0) is 37.3 Å². The Morgan fingerprint density at radius 3 is 2.25 bits per heavy atom. The third-order valence-electron chi connectivity index (χ3n) is 6.08. The first kappa shape index (κ1) is 20.4. The Kier molecular flexibility index (Phi) is 5.45. The Morgan fingerprint density at radius 1 is 0.875 bits per heavy atom. The minimum atomic E-state index is 0.307. The van der Waals surface area contributed by atoms with Crippen LogP contribution >= 0.6 is 0 Å². The maximum absolute atomic E-state index is 6.11. The standard InChI is InChI=1S/C24H28N8/c1-31-14-18(11-27-31)16-4-3-5-17(10-16)23-26-13-22(19-12-28-32(2)15-19)24(30-23)29-21-8-6-20(25)7-9-21/h3-5,10-15,20-21H,6-9,25H2,1-2H3,(H,26,29,30)/t20-,21-. The largest absolute Gasteiger partial charge is 0.367 e. The van der Waals surface area contributed by atoms with Gasteiger partial charge in [-0.1, -0.05) is 18.2 Å². The fraction of sp³-hybridized carbons (Fsp3) is 0.333. The predicted molar refractivity (Wildman–Crippen MR) is 126 cm³/mol. The van der Waals surface area contributed by atoms with Gasteiger partial charge in [0, 0.05) is 67.0 Å². The summed E-state index contributed by atoms with van der Waals surface area (Å²) in [6.07, 6.45) is 13.8. The van der Waals surface area contributed by atoms with Gasteiger partial charge in [-0.2, -0.15) is 10.2 Å². The van der Waals surface area contributed by atoms with Gasteiger partial charge in [0.2, 0.25) is 0 Å². The SMILES string of the molecule is Cn1cc(-c2cccc(-c3ncc(-c4cnn(C)c4)c(N[C@H]4CC[C@H](N)CC4)n3)c2)cn1. The minimum Gasteiger partial charge on any atom is -0.367 e. The molecule has 0 bridgehead atoms. The molecule has 1 aromatic carbocycles. The molecule has 0 unspecified atom stereocenters. The summed E-state index contributed by atoms with van der Waals surface area (Å²) in [6, 6.07) is 8.93. The van der Waals surface area contributed by atoms with Crippen molar-refractivity contribution in [3.8, 4) is 33.6 Å². The van der Waals surface area contributed by atoms with Crippen LogP contribution in [0.4, 0.5) is 5.82 Å². The number of anilines is 1. The van der Waals surface area contributed by atoms with E-state index in [1.54, 1.807) is 9.36 Å². The topological polar surface area (TPSA) is 99.5 Å². The number of rotatable bonds is 5. The monoisotopic (exact) mass is 428 g/mol. The number of nitrogens with one attached hydrogen (secondary N) is 1.